The Morgan fingerprint density at radius 1 is 1.11 bits per heavy atom. The highest BCUT2D eigenvalue weighted by Gasteiger charge is 2.29. The summed E-state index contributed by atoms with van der Waals surface area (Å²) < 4.78 is 7.52. The fourth-order valence-corrected chi connectivity index (χ4v) is 5.11. The molecule has 0 saturated carbocycles. The molecule has 5 rings (SSSR count). The first-order valence-corrected chi connectivity index (χ1v) is 10.3. The quantitative estimate of drug-likeness (QED) is 0.687. The lowest BCUT2D eigenvalue weighted by Crippen LogP contribution is -2.38. The summed E-state index contributed by atoms with van der Waals surface area (Å²) in [5.41, 5.74) is 3.26. The van der Waals surface area contributed by atoms with E-state index in [2.05, 4.69) is 32.2 Å². The van der Waals surface area contributed by atoms with Crippen molar-refractivity contribution in [3.05, 3.63) is 42.2 Å². The van der Waals surface area contributed by atoms with Gasteiger partial charge in [0.15, 0.2) is 0 Å². The summed E-state index contributed by atoms with van der Waals surface area (Å²) in [5.74, 6) is 1.24. The number of nitrogens with one attached hydrogen (secondary N) is 1. The van der Waals surface area contributed by atoms with Gasteiger partial charge in [-0.3, -0.25) is 9.36 Å². The van der Waals surface area contributed by atoms with Crippen LogP contribution in [0.3, 0.4) is 0 Å². The Labute approximate surface area is 164 Å². The first kappa shape index (κ1) is 17.5. The van der Waals surface area contributed by atoms with E-state index in [4.69, 9.17) is 4.52 Å². The molecule has 2 fully saturated rings. The zero-order valence-electron chi connectivity index (χ0n) is 16.0. The van der Waals surface area contributed by atoms with Crippen molar-refractivity contribution in [3.8, 4) is 5.88 Å². The molecular weight excluding hydrogens is 352 g/mol. The van der Waals surface area contributed by atoms with Gasteiger partial charge in [0.05, 0.1) is 11.7 Å². The Morgan fingerprint density at radius 3 is 2.93 bits per heavy atom. The largest absolute Gasteiger partial charge is 0.338 e. The number of hydrogen-bond acceptors (Lipinski definition) is 4. The van der Waals surface area contributed by atoms with Gasteiger partial charge in [-0.1, -0.05) is 11.6 Å². The van der Waals surface area contributed by atoms with Crippen LogP contribution in [0.4, 0.5) is 5.69 Å². The molecule has 4 heterocycles. The molecule has 2 unspecified atom stereocenters. The lowest BCUT2D eigenvalue weighted by molar-refractivity contribution is -0.105. The number of anilines is 1. The average Bonchev–Trinajstić information content (AvgIpc) is 3.32. The Bertz CT molecular complexity index is 946. The number of benzene rings is 1. The second-order valence-corrected chi connectivity index (χ2v) is 8.05. The molecule has 0 bridgehead atoms. The minimum atomic E-state index is 0.517. The van der Waals surface area contributed by atoms with E-state index in [9.17, 15) is 4.79 Å². The van der Waals surface area contributed by atoms with E-state index < -0.39 is 0 Å². The van der Waals surface area contributed by atoms with Crippen LogP contribution in [0.2, 0.25) is 0 Å². The second kappa shape index (κ2) is 7.43. The average molecular weight is 378 g/mol. The summed E-state index contributed by atoms with van der Waals surface area (Å²) >= 11 is 0. The summed E-state index contributed by atoms with van der Waals surface area (Å²) in [7, 11) is 0. The van der Waals surface area contributed by atoms with Crippen molar-refractivity contribution in [2.45, 2.75) is 50.5 Å². The van der Waals surface area contributed by atoms with E-state index in [1.807, 2.05) is 18.2 Å². The molecule has 28 heavy (non-hydrogen) atoms. The zero-order valence-corrected chi connectivity index (χ0v) is 16.0. The maximum Gasteiger partial charge on any atom is 0.235 e. The number of aromatic nitrogens is 2. The van der Waals surface area contributed by atoms with Crippen LogP contribution in [0, 0.1) is 0 Å². The normalized spacial score (nSPS) is 23.3. The number of carbonyl (C=O) groups excluding carboxylic acids is 1. The number of carbonyl (C=O) groups is 1. The lowest BCUT2D eigenvalue weighted by atomic mass is 9.90. The van der Waals surface area contributed by atoms with Gasteiger partial charge in [0.25, 0.3) is 0 Å². The molecule has 2 aliphatic rings. The van der Waals surface area contributed by atoms with Gasteiger partial charge < -0.3 is 14.7 Å². The summed E-state index contributed by atoms with van der Waals surface area (Å²) in [4.78, 5) is 13.6. The summed E-state index contributed by atoms with van der Waals surface area (Å²) in [5, 5.41) is 7.86. The van der Waals surface area contributed by atoms with Crippen molar-refractivity contribution < 1.29 is 9.32 Å². The van der Waals surface area contributed by atoms with Gasteiger partial charge in [0.1, 0.15) is 0 Å². The van der Waals surface area contributed by atoms with Crippen molar-refractivity contribution in [2.75, 3.05) is 18.4 Å². The number of rotatable bonds is 4. The Balaban J connectivity index is 1.55. The first-order chi connectivity index (χ1) is 13.8. The molecule has 6 heteroatoms. The smallest absolute Gasteiger partial charge is 0.235 e. The third kappa shape index (κ3) is 3.11. The van der Waals surface area contributed by atoms with Crippen molar-refractivity contribution >= 4 is 23.0 Å². The third-order valence-electron chi connectivity index (χ3n) is 6.52. The van der Waals surface area contributed by atoms with Crippen LogP contribution in [-0.2, 0) is 4.79 Å². The molecule has 3 aromatic rings. The van der Waals surface area contributed by atoms with Crippen LogP contribution in [0.15, 0.2) is 41.2 Å². The van der Waals surface area contributed by atoms with E-state index in [1.165, 1.54) is 62.6 Å². The molecule has 2 aliphatic heterocycles. The molecule has 2 aromatic heterocycles. The van der Waals surface area contributed by atoms with Gasteiger partial charge in [-0.05, 0) is 74.9 Å². The fourth-order valence-electron chi connectivity index (χ4n) is 5.11. The highest BCUT2D eigenvalue weighted by Crippen LogP contribution is 2.39. The minimum absolute atomic E-state index is 0.517. The standard InChI is InChI=1S/C22H26N4O2/c27-15-23-17-5-7-21-19(13-17)20(14-26(21)22-8-10-24-28-22)16-4-6-18-3-1-2-11-25(18)12-9-16/h5,7-8,10,13-16,18H,1-4,6,9,11-12H2,(H,23,27). The molecular formula is C22H26N4O2. The van der Waals surface area contributed by atoms with Crippen molar-refractivity contribution in [1.29, 1.82) is 0 Å². The molecule has 1 N–H and O–H groups in total. The molecule has 2 saturated heterocycles. The van der Waals surface area contributed by atoms with E-state index >= 15 is 0 Å². The SMILES string of the molecule is O=CNc1ccc2c(c1)c(C1CCC3CCCCN3CC1)cn2-c1ccno1. The van der Waals surface area contributed by atoms with E-state index in [0.717, 1.165) is 29.5 Å². The fraction of sp³-hybridized carbons (Fsp3) is 0.455. The van der Waals surface area contributed by atoms with E-state index in [1.54, 1.807) is 6.20 Å². The molecule has 146 valence electrons. The van der Waals surface area contributed by atoms with Crippen LogP contribution in [-0.4, -0.2) is 40.2 Å². The summed E-state index contributed by atoms with van der Waals surface area (Å²) in [6.07, 6.45) is 12.3. The van der Waals surface area contributed by atoms with Gasteiger partial charge in [0, 0.05) is 29.4 Å². The molecule has 0 spiro atoms. The number of fused-ring (bicyclic) bond motifs is 2. The predicted molar refractivity (Wildman–Crippen MR) is 109 cm³/mol. The molecule has 0 aliphatic carbocycles. The Kier molecular flexibility index (Phi) is 4.64. The maximum absolute atomic E-state index is 10.9. The second-order valence-electron chi connectivity index (χ2n) is 8.05. The van der Waals surface area contributed by atoms with Crippen LogP contribution >= 0.6 is 0 Å². The lowest BCUT2D eigenvalue weighted by Gasteiger charge is -2.33. The summed E-state index contributed by atoms with van der Waals surface area (Å²) in [6, 6.07) is 8.71. The van der Waals surface area contributed by atoms with Crippen LogP contribution in [0.1, 0.15) is 50.0 Å². The van der Waals surface area contributed by atoms with Crippen LogP contribution in [0.5, 0.6) is 0 Å². The number of piperidine rings is 1. The Morgan fingerprint density at radius 2 is 2.07 bits per heavy atom. The molecule has 1 aromatic carbocycles. The molecule has 0 radical (unpaired) electrons. The zero-order chi connectivity index (χ0) is 18.9. The molecule has 1 amide bonds. The van der Waals surface area contributed by atoms with E-state index in [0.29, 0.717) is 5.92 Å². The Hall–Kier alpha value is -2.60. The van der Waals surface area contributed by atoms with Gasteiger partial charge >= 0.3 is 0 Å². The van der Waals surface area contributed by atoms with Crippen molar-refractivity contribution in [3.63, 3.8) is 0 Å². The van der Waals surface area contributed by atoms with Gasteiger partial charge in [-0.25, -0.2) is 0 Å². The van der Waals surface area contributed by atoms with E-state index in [-0.39, 0.29) is 0 Å². The number of nitrogens with zero attached hydrogens (tertiary/aromatic N) is 3. The maximum atomic E-state index is 10.9. The topological polar surface area (TPSA) is 63.3 Å². The highest BCUT2D eigenvalue weighted by atomic mass is 16.5. The first-order valence-electron chi connectivity index (χ1n) is 10.3. The number of amides is 1. The predicted octanol–water partition coefficient (Wildman–Crippen LogP) is 4.31. The number of hydrogen-bond donors (Lipinski definition) is 1. The van der Waals surface area contributed by atoms with Gasteiger partial charge in [-0.15, -0.1) is 0 Å². The minimum Gasteiger partial charge on any atom is -0.338 e. The monoisotopic (exact) mass is 378 g/mol. The van der Waals surface area contributed by atoms with Crippen molar-refractivity contribution in [2.24, 2.45) is 0 Å². The molecule has 2 atom stereocenters. The summed E-state index contributed by atoms with van der Waals surface area (Å²) in [6.45, 7) is 2.43. The van der Waals surface area contributed by atoms with Gasteiger partial charge in [-0.2, -0.15) is 0 Å². The van der Waals surface area contributed by atoms with Gasteiger partial charge in [0.2, 0.25) is 12.3 Å². The third-order valence-corrected chi connectivity index (χ3v) is 6.52. The van der Waals surface area contributed by atoms with Crippen LogP contribution < -0.4 is 5.32 Å². The highest BCUT2D eigenvalue weighted by molar-refractivity contribution is 5.90. The van der Waals surface area contributed by atoms with Crippen LogP contribution in [0.25, 0.3) is 16.8 Å². The molecule has 6 nitrogen and oxygen atoms in total. The van der Waals surface area contributed by atoms with Crippen molar-refractivity contribution in [1.82, 2.24) is 14.6 Å².